The lowest BCUT2D eigenvalue weighted by atomic mass is 10.0. The van der Waals surface area contributed by atoms with Crippen LogP contribution >= 0.6 is 0 Å². The first-order valence-corrected chi connectivity index (χ1v) is 4.82. The van der Waals surface area contributed by atoms with Gasteiger partial charge in [0, 0.05) is 16.0 Å². The Morgan fingerprint density at radius 1 is 1.50 bits per heavy atom. The summed E-state index contributed by atoms with van der Waals surface area (Å²) in [5, 5.41) is 11.9. The minimum atomic E-state index is -0.994. The first kappa shape index (κ1) is 13.5. The van der Waals surface area contributed by atoms with Gasteiger partial charge in [0.15, 0.2) is 0 Å². The van der Waals surface area contributed by atoms with Crippen LogP contribution in [0.5, 0.6) is 0 Å². The number of aliphatic hydroxyl groups is 1. The molecule has 1 aromatic carbocycles. The van der Waals surface area contributed by atoms with Crippen molar-refractivity contribution in [3.05, 3.63) is 45.3 Å². The molecular weight excluding hydrogens is 240 g/mol. The van der Waals surface area contributed by atoms with Crippen LogP contribution in [0, 0.1) is 0 Å². The molecule has 0 unspecified atom stereocenters. The summed E-state index contributed by atoms with van der Waals surface area (Å²) in [7, 11) is 0. The first-order chi connectivity index (χ1) is 8.58. The summed E-state index contributed by atoms with van der Waals surface area (Å²) >= 11 is 0. The van der Waals surface area contributed by atoms with Crippen molar-refractivity contribution < 1.29 is 19.4 Å². The number of amides is 2. The largest absolute Gasteiger partial charge is 0.445 e. The van der Waals surface area contributed by atoms with Crippen LogP contribution in [-0.2, 0) is 18.0 Å². The second-order valence-electron chi connectivity index (χ2n) is 3.25. The molecule has 2 amide bonds. The molecule has 0 heterocycles. The quantitative estimate of drug-likeness (QED) is 0.471. The van der Waals surface area contributed by atoms with Gasteiger partial charge >= 0.3 is 6.09 Å². The molecule has 0 saturated heterocycles. The van der Waals surface area contributed by atoms with Gasteiger partial charge in [-0.05, 0) is 22.3 Å². The molecule has 8 heteroatoms. The number of hydrogen-bond donors (Lipinski definition) is 2. The standard InChI is InChI=1S/C10H10N4O4/c11-10(17)18-5-7-3-6(4-15)1-2-8(7)9(16)13-14-12/h1-3,15H,4-5H2,(H2,11,17). The summed E-state index contributed by atoms with van der Waals surface area (Å²) in [4.78, 5) is 24.4. The molecule has 0 bridgehead atoms. The van der Waals surface area contributed by atoms with Crippen LogP contribution in [0.1, 0.15) is 21.5 Å². The summed E-state index contributed by atoms with van der Waals surface area (Å²) in [6, 6.07) is 4.33. The monoisotopic (exact) mass is 250 g/mol. The first-order valence-electron chi connectivity index (χ1n) is 4.82. The van der Waals surface area contributed by atoms with Crippen LogP contribution in [0.15, 0.2) is 23.3 Å². The van der Waals surface area contributed by atoms with Crippen molar-refractivity contribution in [3.8, 4) is 0 Å². The summed E-state index contributed by atoms with van der Waals surface area (Å²) in [6.07, 6.45) is -0.994. The van der Waals surface area contributed by atoms with Gasteiger partial charge in [0.1, 0.15) is 6.61 Å². The van der Waals surface area contributed by atoms with E-state index in [1.807, 2.05) is 0 Å². The average molecular weight is 250 g/mol. The highest BCUT2D eigenvalue weighted by Crippen LogP contribution is 2.15. The predicted molar refractivity (Wildman–Crippen MR) is 60.2 cm³/mol. The van der Waals surface area contributed by atoms with E-state index in [1.54, 1.807) is 0 Å². The fraction of sp³-hybridized carbons (Fsp3) is 0.200. The Balaban J connectivity index is 3.11. The second kappa shape index (κ2) is 6.24. The summed E-state index contributed by atoms with van der Waals surface area (Å²) < 4.78 is 4.57. The fourth-order valence-corrected chi connectivity index (χ4v) is 1.32. The molecule has 0 spiro atoms. The van der Waals surface area contributed by atoms with Crippen LogP contribution < -0.4 is 5.73 Å². The number of primary amides is 1. The second-order valence-corrected chi connectivity index (χ2v) is 3.25. The maximum absolute atomic E-state index is 11.5. The number of nitrogens with two attached hydrogens (primary N) is 1. The number of hydrogen-bond acceptors (Lipinski definition) is 4. The lowest BCUT2D eigenvalue weighted by Gasteiger charge is -2.08. The van der Waals surface area contributed by atoms with Gasteiger partial charge in [-0.1, -0.05) is 12.1 Å². The van der Waals surface area contributed by atoms with Crippen molar-refractivity contribution in [2.75, 3.05) is 0 Å². The van der Waals surface area contributed by atoms with Gasteiger partial charge in [-0.25, -0.2) is 4.79 Å². The molecule has 18 heavy (non-hydrogen) atoms. The predicted octanol–water partition coefficient (Wildman–Crippen LogP) is 1.22. The third kappa shape index (κ3) is 3.48. The molecule has 0 fully saturated rings. The maximum Gasteiger partial charge on any atom is 0.404 e. The van der Waals surface area contributed by atoms with Crippen molar-refractivity contribution in [3.63, 3.8) is 0 Å². The SMILES string of the molecule is [N-]=[N+]=NC(=O)c1ccc(CO)cc1COC(N)=O. The Kier molecular flexibility index (Phi) is 4.67. The highest BCUT2D eigenvalue weighted by Gasteiger charge is 2.11. The van der Waals surface area contributed by atoms with E-state index in [4.69, 9.17) is 16.4 Å². The number of carbonyl (C=O) groups excluding carboxylic acids is 2. The summed E-state index contributed by atoms with van der Waals surface area (Å²) in [6.45, 7) is -0.481. The molecule has 8 nitrogen and oxygen atoms in total. The fourth-order valence-electron chi connectivity index (χ4n) is 1.32. The molecule has 1 aromatic rings. The minimum absolute atomic E-state index is 0.0891. The van der Waals surface area contributed by atoms with Gasteiger partial charge in [-0.2, -0.15) is 0 Å². The third-order valence-electron chi connectivity index (χ3n) is 2.09. The molecule has 0 aliphatic rings. The molecule has 1 rings (SSSR count). The van der Waals surface area contributed by atoms with Crippen LogP contribution in [-0.4, -0.2) is 17.1 Å². The van der Waals surface area contributed by atoms with Crippen LogP contribution in [0.25, 0.3) is 10.4 Å². The number of aliphatic hydroxyl groups excluding tert-OH is 1. The highest BCUT2D eigenvalue weighted by molar-refractivity contribution is 5.96. The Morgan fingerprint density at radius 2 is 2.22 bits per heavy atom. The lowest BCUT2D eigenvalue weighted by molar-refractivity contribution is 0.0994. The van der Waals surface area contributed by atoms with Crippen LogP contribution in [0.3, 0.4) is 0 Å². The van der Waals surface area contributed by atoms with E-state index in [0.29, 0.717) is 11.1 Å². The Hall–Kier alpha value is -2.57. The van der Waals surface area contributed by atoms with Gasteiger partial charge in [-0.3, -0.25) is 4.79 Å². The molecule has 0 saturated carbocycles. The number of azide groups is 1. The van der Waals surface area contributed by atoms with E-state index in [0.717, 1.165) is 0 Å². The van der Waals surface area contributed by atoms with Crippen molar-refractivity contribution in [2.45, 2.75) is 13.2 Å². The van der Waals surface area contributed by atoms with Gasteiger partial charge in [-0.15, -0.1) is 0 Å². The van der Waals surface area contributed by atoms with Gasteiger partial charge in [0.25, 0.3) is 0 Å². The van der Waals surface area contributed by atoms with Gasteiger partial charge in [0.2, 0.25) is 5.91 Å². The molecule has 3 N–H and O–H groups in total. The number of rotatable bonds is 4. The van der Waals surface area contributed by atoms with E-state index >= 15 is 0 Å². The summed E-state index contributed by atoms with van der Waals surface area (Å²) in [5.74, 6) is -0.801. The zero-order valence-corrected chi connectivity index (χ0v) is 9.24. The van der Waals surface area contributed by atoms with E-state index < -0.39 is 12.0 Å². The van der Waals surface area contributed by atoms with Crippen LogP contribution in [0.2, 0.25) is 0 Å². The Morgan fingerprint density at radius 3 is 2.78 bits per heavy atom. The molecule has 0 aliphatic carbocycles. The van der Waals surface area contributed by atoms with Crippen molar-refractivity contribution >= 4 is 12.0 Å². The Labute approximate surface area is 102 Å². The van der Waals surface area contributed by atoms with E-state index in [2.05, 4.69) is 14.8 Å². The van der Waals surface area contributed by atoms with Crippen LogP contribution in [0.4, 0.5) is 4.79 Å². The lowest BCUT2D eigenvalue weighted by Crippen LogP contribution is -2.14. The number of benzene rings is 1. The molecule has 94 valence electrons. The topological polar surface area (TPSA) is 138 Å². The van der Waals surface area contributed by atoms with E-state index in [9.17, 15) is 9.59 Å². The number of ether oxygens (including phenoxy) is 1. The molecule has 0 atom stereocenters. The normalized spacial score (nSPS) is 9.39. The van der Waals surface area contributed by atoms with Crippen molar-refractivity contribution in [1.82, 2.24) is 0 Å². The molecule has 0 radical (unpaired) electrons. The minimum Gasteiger partial charge on any atom is -0.445 e. The molecular formula is C10H10N4O4. The molecule has 0 aliphatic heterocycles. The van der Waals surface area contributed by atoms with Crippen molar-refractivity contribution in [2.24, 2.45) is 10.8 Å². The zero-order valence-electron chi connectivity index (χ0n) is 9.24. The average Bonchev–Trinajstić information content (AvgIpc) is 2.36. The Bertz CT molecular complexity index is 523. The van der Waals surface area contributed by atoms with Crippen molar-refractivity contribution in [1.29, 1.82) is 0 Å². The zero-order chi connectivity index (χ0) is 13.5. The highest BCUT2D eigenvalue weighted by atomic mass is 16.5. The number of carbonyl (C=O) groups is 2. The smallest absolute Gasteiger partial charge is 0.404 e. The van der Waals surface area contributed by atoms with E-state index in [1.165, 1.54) is 18.2 Å². The third-order valence-corrected chi connectivity index (χ3v) is 2.09. The molecule has 0 aromatic heterocycles. The maximum atomic E-state index is 11.5. The summed E-state index contributed by atoms with van der Waals surface area (Å²) in [5.41, 5.74) is 13.9. The van der Waals surface area contributed by atoms with Gasteiger partial charge in [0.05, 0.1) is 6.61 Å². The van der Waals surface area contributed by atoms with Gasteiger partial charge < -0.3 is 15.6 Å². The van der Waals surface area contributed by atoms with E-state index in [-0.39, 0.29) is 18.8 Å². The number of nitrogens with zero attached hydrogens (tertiary/aromatic N) is 3.